The average molecular weight is 287 g/mol. The van der Waals surface area contributed by atoms with Crippen LogP contribution in [0, 0.1) is 0 Å². The molecular weight excluding hydrogens is 274 g/mol. The van der Waals surface area contributed by atoms with E-state index < -0.39 is 17.5 Å². The van der Waals surface area contributed by atoms with E-state index in [1.54, 1.807) is 24.3 Å². The van der Waals surface area contributed by atoms with Crippen molar-refractivity contribution in [2.24, 2.45) is 0 Å². The first-order valence-electron chi connectivity index (χ1n) is 6.25. The molecule has 0 radical (unpaired) electrons. The Morgan fingerprint density at radius 2 is 2.00 bits per heavy atom. The molecule has 21 heavy (non-hydrogen) atoms. The molecule has 1 aromatic heterocycles. The van der Waals surface area contributed by atoms with Crippen LogP contribution in [0.2, 0.25) is 0 Å². The third-order valence-corrected chi connectivity index (χ3v) is 2.78. The molecule has 0 aliphatic carbocycles. The molecule has 0 saturated heterocycles. The van der Waals surface area contributed by atoms with E-state index >= 15 is 0 Å². The first-order chi connectivity index (χ1) is 10.0. The van der Waals surface area contributed by atoms with Crippen molar-refractivity contribution in [2.45, 2.75) is 12.8 Å². The van der Waals surface area contributed by atoms with Gasteiger partial charge < -0.3 is 14.8 Å². The largest absolute Gasteiger partial charge is 0.481 e. The summed E-state index contributed by atoms with van der Waals surface area (Å²) in [6.45, 7) is 0. The van der Waals surface area contributed by atoms with Crippen molar-refractivity contribution in [3.05, 3.63) is 64.2 Å². The van der Waals surface area contributed by atoms with Crippen LogP contribution in [0.5, 0.6) is 0 Å². The maximum Gasteiger partial charge on any atom is 0.335 e. The summed E-state index contributed by atoms with van der Waals surface area (Å²) in [6, 6.07) is 9.47. The van der Waals surface area contributed by atoms with Crippen LogP contribution in [0.1, 0.15) is 22.3 Å². The molecule has 2 rings (SSSR count). The number of rotatable bonds is 5. The van der Waals surface area contributed by atoms with Crippen molar-refractivity contribution in [3.63, 3.8) is 0 Å². The molecule has 1 aromatic carbocycles. The van der Waals surface area contributed by atoms with Crippen molar-refractivity contribution in [1.82, 2.24) is 0 Å². The third-order valence-electron chi connectivity index (χ3n) is 2.78. The minimum Gasteiger partial charge on any atom is -0.481 e. The van der Waals surface area contributed by atoms with E-state index in [4.69, 9.17) is 5.11 Å². The lowest BCUT2D eigenvalue weighted by atomic mass is 10.1. The monoisotopic (exact) mass is 287 g/mol. The number of nitrogens with one attached hydrogen (secondary N) is 1. The fourth-order valence-corrected chi connectivity index (χ4v) is 1.75. The van der Waals surface area contributed by atoms with Gasteiger partial charge in [0.05, 0.1) is 5.56 Å². The number of carboxylic acids is 1. The number of aliphatic carboxylic acids is 1. The molecule has 1 amide bonds. The Balaban J connectivity index is 2.06. The molecule has 2 N–H and O–H groups in total. The summed E-state index contributed by atoms with van der Waals surface area (Å²) < 4.78 is 4.62. The first-order valence-corrected chi connectivity index (χ1v) is 6.25. The van der Waals surface area contributed by atoms with Crippen LogP contribution in [0.4, 0.5) is 5.69 Å². The second-order valence-electron chi connectivity index (χ2n) is 4.39. The lowest BCUT2D eigenvalue weighted by Gasteiger charge is -2.06. The SMILES string of the molecule is O=C(O)CCc1cccc(NC(=O)c2ccc(=O)oc2)c1. The fraction of sp³-hybridized carbons (Fsp3) is 0.133. The van der Waals surface area contributed by atoms with Crippen LogP contribution in [0.3, 0.4) is 0 Å². The van der Waals surface area contributed by atoms with Crippen LogP contribution in [0.25, 0.3) is 0 Å². The molecule has 0 aliphatic rings. The van der Waals surface area contributed by atoms with E-state index in [9.17, 15) is 14.4 Å². The maximum atomic E-state index is 11.9. The van der Waals surface area contributed by atoms with Crippen molar-refractivity contribution in [2.75, 3.05) is 5.32 Å². The quantitative estimate of drug-likeness (QED) is 0.875. The number of anilines is 1. The number of carboxylic acid groups (broad SMARTS) is 1. The van der Waals surface area contributed by atoms with E-state index in [2.05, 4.69) is 9.73 Å². The molecule has 0 bridgehead atoms. The number of hydrogen-bond donors (Lipinski definition) is 2. The van der Waals surface area contributed by atoms with Crippen molar-refractivity contribution in [3.8, 4) is 0 Å². The van der Waals surface area contributed by atoms with Crippen LogP contribution >= 0.6 is 0 Å². The third kappa shape index (κ3) is 4.31. The van der Waals surface area contributed by atoms with E-state index in [0.29, 0.717) is 12.1 Å². The number of amides is 1. The molecule has 108 valence electrons. The highest BCUT2D eigenvalue weighted by molar-refractivity contribution is 6.03. The standard InChI is InChI=1S/C15H13NO5/c17-13(18)6-4-10-2-1-3-12(8-10)16-15(20)11-5-7-14(19)21-9-11/h1-3,5,7-9H,4,6H2,(H,16,20)(H,17,18). The van der Waals surface area contributed by atoms with E-state index in [1.165, 1.54) is 6.07 Å². The Morgan fingerprint density at radius 1 is 1.19 bits per heavy atom. The molecule has 1 heterocycles. The Kier molecular flexibility index (Phi) is 4.50. The average Bonchev–Trinajstić information content (AvgIpc) is 2.46. The van der Waals surface area contributed by atoms with Gasteiger partial charge in [0.25, 0.3) is 5.91 Å². The molecule has 6 nitrogen and oxygen atoms in total. The fourth-order valence-electron chi connectivity index (χ4n) is 1.75. The Morgan fingerprint density at radius 3 is 2.67 bits per heavy atom. The predicted octanol–water partition coefficient (Wildman–Crippen LogP) is 1.91. The van der Waals surface area contributed by atoms with Gasteiger partial charge in [0, 0.05) is 18.2 Å². The molecule has 0 aliphatic heterocycles. The second kappa shape index (κ2) is 6.51. The molecule has 6 heteroatoms. The number of hydrogen-bond acceptors (Lipinski definition) is 4. The van der Waals surface area contributed by atoms with Gasteiger partial charge in [-0.3, -0.25) is 9.59 Å². The Labute approximate surface area is 120 Å². The van der Waals surface area contributed by atoms with Crippen molar-refractivity contribution in [1.29, 1.82) is 0 Å². The molecule has 0 atom stereocenters. The van der Waals surface area contributed by atoms with Gasteiger partial charge in [0.2, 0.25) is 0 Å². The summed E-state index contributed by atoms with van der Waals surface area (Å²) in [5.41, 5.74) is 1.07. The van der Waals surface area contributed by atoms with E-state index in [1.807, 2.05) is 0 Å². The highest BCUT2D eigenvalue weighted by Gasteiger charge is 2.07. The van der Waals surface area contributed by atoms with Gasteiger partial charge in [-0.1, -0.05) is 12.1 Å². The highest BCUT2D eigenvalue weighted by Crippen LogP contribution is 2.13. The van der Waals surface area contributed by atoms with Gasteiger partial charge in [0.15, 0.2) is 0 Å². The van der Waals surface area contributed by atoms with Gasteiger partial charge in [-0.05, 0) is 30.2 Å². The Bertz CT molecular complexity index is 700. The zero-order valence-corrected chi connectivity index (χ0v) is 11.0. The van der Waals surface area contributed by atoms with Gasteiger partial charge in [-0.2, -0.15) is 0 Å². The number of carbonyl (C=O) groups excluding carboxylic acids is 1. The van der Waals surface area contributed by atoms with E-state index in [0.717, 1.165) is 17.9 Å². The molecule has 0 spiro atoms. The van der Waals surface area contributed by atoms with Crippen molar-refractivity contribution < 1.29 is 19.1 Å². The minimum atomic E-state index is -0.872. The molecule has 0 fully saturated rings. The van der Waals surface area contributed by atoms with Gasteiger partial charge in [-0.15, -0.1) is 0 Å². The number of carbonyl (C=O) groups is 2. The summed E-state index contributed by atoms with van der Waals surface area (Å²) in [7, 11) is 0. The lowest BCUT2D eigenvalue weighted by molar-refractivity contribution is -0.136. The van der Waals surface area contributed by atoms with Crippen LogP contribution in [-0.2, 0) is 11.2 Å². The molecule has 0 saturated carbocycles. The second-order valence-corrected chi connectivity index (χ2v) is 4.39. The molecule has 0 unspecified atom stereocenters. The summed E-state index contributed by atoms with van der Waals surface area (Å²) in [5.74, 6) is -1.28. The summed E-state index contributed by atoms with van der Waals surface area (Å²) in [4.78, 5) is 33.3. The normalized spacial score (nSPS) is 10.1. The lowest BCUT2D eigenvalue weighted by Crippen LogP contribution is -2.13. The van der Waals surface area contributed by atoms with E-state index in [-0.39, 0.29) is 12.0 Å². The zero-order chi connectivity index (χ0) is 15.2. The van der Waals surface area contributed by atoms with Crippen LogP contribution in [0.15, 0.2) is 51.9 Å². The Hall–Kier alpha value is -2.89. The zero-order valence-electron chi connectivity index (χ0n) is 11.0. The smallest absolute Gasteiger partial charge is 0.335 e. The summed E-state index contributed by atoms with van der Waals surface area (Å²) in [6.07, 6.45) is 1.51. The van der Waals surface area contributed by atoms with Crippen LogP contribution in [-0.4, -0.2) is 17.0 Å². The van der Waals surface area contributed by atoms with Crippen LogP contribution < -0.4 is 10.9 Å². The molecule has 2 aromatic rings. The minimum absolute atomic E-state index is 0.0290. The van der Waals surface area contributed by atoms with Gasteiger partial charge >= 0.3 is 11.6 Å². The summed E-state index contributed by atoms with van der Waals surface area (Å²) in [5, 5.41) is 11.3. The molecular formula is C15H13NO5. The highest BCUT2D eigenvalue weighted by atomic mass is 16.4. The maximum absolute atomic E-state index is 11.9. The topological polar surface area (TPSA) is 96.6 Å². The predicted molar refractivity (Wildman–Crippen MR) is 75.3 cm³/mol. The first kappa shape index (κ1) is 14.5. The number of benzene rings is 1. The van der Waals surface area contributed by atoms with Crippen molar-refractivity contribution >= 4 is 17.6 Å². The summed E-state index contributed by atoms with van der Waals surface area (Å²) >= 11 is 0. The number of aryl methyl sites for hydroxylation is 1. The van der Waals surface area contributed by atoms with Gasteiger partial charge in [-0.25, -0.2) is 4.79 Å². The van der Waals surface area contributed by atoms with Gasteiger partial charge in [0.1, 0.15) is 6.26 Å².